The highest BCUT2D eigenvalue weighted by atomic mass is 79.9. The third-order valence-electron chi connectivity index (χ3n) is 3.12. The van der Waals surface area contributed by atoms with Crippen molar-refractivity contribution >= 4 is 31.9 Å². The van der Waals surface area contributed by atoms with Gasteiger partial charge in [-0.1, -0.05) is 6.07 Å². The summed E-state index contributed by atoms with van der Waals surface area (Å²) in [5.41, 5.74) is 0.968. The van der Waals surface area contributed by atoms with Crippen LogP contribution in [0.5, 0.6) is 0 Å². The van der Waals surface area contributed by atoms with Crippen molar-refractivity contribution in [1.29, 1.82) is 0 Å². The summed E-state index contributed by atoms with van der Waals surface area (Å²) in [7, 11) is -3.67. The van der Waals surface area contributed by atoms with Gasteiger partial charge < -0.3 is 5.32 Å². The van der Waals surface area contributed by atoms with E-state index < -0.39 is 16.1 Å². The van der Waals surface area contributed by atoms with E-state index in [2.05, 4.69) is 21.2 Å². The molecule has 1 atom stereocenters. The highest BCUT2D eigenvalue weighted by Crippen LogP contribution is 2.27. The summed E-state index contributed by atoms with van der Waals surface area (Å²) in [6, 6.07) is 4.37. The van der Waals surface area contributed by atoms with Gasteiger partial charge in [0.15, 0.2) is 0 Å². The molecule has 0 spiro atoms. The molecule has 19 heavy (non-hydrogen) atoms. The first kappa shape index (κ1) is 14.5. The SMILES string of the molecule is Cc1ccc(S(=O)(=O)N2CCNC(=O)C2C)c(Br)c1. The first-order valence-electron chi connectivity index (χ1n) is 5.90. The van der Waals surface area contributed by atoms with Gasteiger partial charge in [0.1, 0.15) is 6.04 Å². The van der Waals surface area contributed by atoms with Gasteiger partial charge in [0.25, 0.3) is 0 Å². The second-order valence-electron chi connectivity index (χ2n) is 4.52. The molecule has 5 nitrogen and oxygen atoms in total. The Kier molecular flexibility index (Phi) is 3.98. The Morgan fingerprint density at radius 2 is 2.11 bits per heavy atom. The number of piperazine rings is 1. The average molecular weight is 347 g/mol. The molecule has 1 aromatic carbocycles. The second-order valence-corrected chi connectivity index (χ2v) is 7.23. The summed E-state index contributed by atoms with van der Waals surface area (Å²) in [5.74, 6) is -0.266. The predicted molar refractivity (Wildman–Crippen MR) is 75.2 cm³/mol. The van der Waals surface area contributed by atoms with Gasteiger partial charge in [-0.05, 0) is 47.5 Å². The van der Waals surface area contributed by atoms with Gasteiger partial charge in [-0.25, -0.2) is 8.42 Å². The number of nitrogens with zero attached hydrogens (tertiary/aromatic N) is 1. The van der Waals surface area contributed by atoms with Gasteiger partial charge in [0, 0.05) is 17.6 Å². The molecule has 104 valence electrons. The largest absolute Gasteiger partial charge is 0.353 e. The van der Waals surface area contributed by atoms with Gasteiger partial charge >= 0.3 is 0 Å². The van der Waals surface area contributed by atoms with Crippen LogP contribution >= 0.6 is 15.9 Å². The lowest BCUT2D eigenvalue weighted by atomic mass is 10.2. The van der Waals surface area contributed by atoms with Crippen molar-refractivity contribution in [2.24, 2.45) is 0 Å². The van der Waals surface area contributed by atoms with Crippen molar-refractivity contribution in [2.75, 3.05) is 13.1 Å². The molecule has 0 bridgehead atoms. The number of halogens is 1. The normalized spacial score (nSPS) is 21.2. The molecule has 1 aliphatic heterocycles. The summed E-state index contributed by atoms with van der Waals surface area (Å²) in [4.78, 5) is 11.8. The van der Waals surface area contributed by atoms with E-state index in [1.54, 1.807) is 25.1 Å². The first-order valence-corrected chi connectivity index (χ1v) is 8.13. The van der Waals surface area contributed by atoms with E-state index >= 15 is 0 Å². The zero-order chi connectivity index (χ0) is 14.2. The monoisotopic (exact) mass is 346 g/mol. The van der Waals surface area contributed by atoms with Crippen molar-refractivity contribution < 1.29 is 13.2 Å². The Bertz CT molecular complexity index is 615. The molecule has 1 amide bonds. The molecule has 1 heterocycles. The van der Waals surface area contributed by atoms with Gasteiger partial charge in [-0.15, -0.1) is 0 Å². The number of rotatable bonds is 2. The summed E-state index contributed by atoms with van der Waals surface area (Å²) >= 11 is 3.28. The lowest BCUT2D eigenvalue weighted by Gasteiger charge is -2.32. The predicted octanol–water partition coefficient (Wildman–Crippen LogP) is 1.27. The quantitative estimate of drug-likeness (QED) is 0.876. The lowest BCUT2D eigenvalue weighted by Crippen LogP contribution is -2.55. The Balaban J connectivity index is 2.44. The maximum absolute atomic E-state index is 12.6. The van der Waals surface area contributed by atoms with Gasteiger partial charge in [0.2, 0.25) is 15.9 Å². The lowest BCUT2D eigenvalue weighted by molar-refractivity contribution is -0.126. The minimum Gasteiger partial charge on any atom is -0.353 e. The van der Waals surface area contributed by atoms with Crippen molar-refractivity contribution in [3.63, 3.8) is 0 Å². The number of carbonyl (C=O) groups is 1. The van der Waals surface area contributed by atoms with E-state index in [0.717, 1.165) is 5.56 Å². The second kappa shape index (κ2) is 5.22. The van der Waals surface area contributed by atoms with E-state index in [1.165, 1.54) is 4.31 Å². The minimum absolute atomic E-state index is 0.194. The van der Waals surface area contributed by atoms with Crippen LogP contribution in [0.2, 0.25) is 0 Å². The first-order chi connectivity index (χ1) is 8.84. The molecular formula is C12H15BrN2O3S. The third-order valence-corrected chi connectivity index (χ3v) is 6.06. The van der Waals surface area contributed by atoms with Gasteiger partial charge in [-0.2, -0.15) is 4.31 Å². The fourth-order valence-corrected chi connectivity index (χ4v) is 4.78. The Morgan fingerprint density at radius 3 is 2.74 bits per heavy atom. The summed E-state index contributed by atoms with van der Waals surface area (Å²) in [5, 5.41) is 2.65. The smallest absolute Gasteiger partial charge is 0.244 e. The highest BCUT2D eigenvalue weighted by molar-refractivity contribution is 9.10. The molecule has 0 saturated carbocycles. The fraction of sp³-hybridized carbons (Fsp3) is 0.417. The number of carbonyl (C=O) groups excluding carboxylic acids is 1. The number of amides is 1. The topological polar surface area (TPSA) is 66.5 Å². The number of sulfonamides is 1. The summed E-state index contributed by atoms with van der Waals surface area (Å²) in [6.07, 6.45) is 0. The van der Waals surface area contributed by atoms with Crippen molar-refractivity contribution in [1.82, 2.24) is 9.62 Å². The fourth-order valence-electron chi connectivity index (χ4n) is 2.03. The van der Waals surface area contributed by atoms with Crippen LogP contribution < -0.4 is 5.32 Å². The minimum atomic E-state index is -3.67. The Hall–Kier alpha value is -0.920. The molecule has 2 rings (SSSR count). The summed E-state index contributed by atoms with van der Waals surface area (Å²) in [6.45, 7) is 4.10. The van der Waals surface area contributed by atoms with Crippen LogP contribution in [-0.4, -0.2) is 37.8 Å². The van der Waals surface area contributed by atoms with Crippen LogP contribution in [0.4, 0.5) is 0 Å². The number of nitrogens with one attached hydrogen (secondary N) is 1. The molecule has 1 N–H and O–H groups in total. The highest BCUT2D eigenvalue weighted by Gasteiger charge is 2.36. The van der Waals surface area contributed by atoms with E-state index in [9.17, 15) is 13.2 Å². The van der Waals surface area contributed by atoms with E-state index in [4.69, 9.17) is 0 Å². The maximum Gasteiger partial charge on any atom is 0.244 e. The standard InChI is InChI=1S/C12H15BrN2O3S/c1-8-3-4-11(10(13)7-8)19(17,18)15-6-5-14-12(16)9(15)2/h3-4,7,9H,5-6H2,1-2H3,(H,14,16). The van der Waals surface area contributed by atoms with E-state index in [1.807, 2.05) is 6.92 Å². The van der Waals surface area contributed by atoms with Crippen molar-refractivity contribution in [3.8, 4) is 0 Å². The molecular weight excluding hydrogens is 332 g/mol. The van der Waals surface area contributed by atoms with Crippen LogP contribution in [0.25, 0.3) is 0 Å². The van der Waals surface area contributed by atoms with Crippen LogP contribution in [0, 0.1) is 6.92 Å². The van der Waals surface area contributed by atoms with Gasteiger partial charge in [0.05, 0.1) is 4.90 Å². The van der Waals surface area contributed by atoms with Crippen LogP contribution in [0.15, 0.2) is 27.6 Å². The van der Waals surface area contributed by atoms with E-state index in [0.29, 0.717) is 11.0 Å². The zero-order valence-corrected chi connectivity index (χ0v) is 13.1. The number of aryl methyl sites for hydroxylation is 1. The van der Waals surface area contributed by atoms with Crippen molar-refractivity contribution in [2.45, 2.75) is 24.8 Å². The number of hydrogen-bond donors (Lipinski definition) is 1. The summed E-state index contributed by atoms with van der Waals surface area (Å²) < 4.78 is 26.9. The molecule has 1 unspecified atom stereocenters. The Morgan fingerprint density at radius 1 is 1.42 bits per heavy atom. The van der Waals surface area contributed by atoms with Crippen LogP contribution in [-0.2, 0) is 14.8 Å². The van der Waals surface area contributed by atoms with Crippen molar-refractivity contribution in [3.05, 3.63) is 28.2 Å². The number of hydrogen-bond acceptors (Lipinski definition) is 3. The third kappa shape index (κ3) is 2.68. The molecule has 1 aliphatic rings. The number of benzene rings is 1. The Labute approximate surface area is 121 Å². The molecule has 7 heteroatoms. The van der Waals surface area contributed by atoms with Crippen LogP contribution in [0.3, 0.4) is 0 Å². The molecule has 1 aromatic rings. The maximum atomic E-state index is 12.6. The molecule has 0 aromatic heterocycles. The zero-order valence-electron chi connectivity index (χ0n) is 10.7. The molecule has 0 aliphatic carbocycles. The van der Waals surface area contributed by atoms with Crippen LogP contribution in [0.1, 0.15) is 12.5 Å². The molecule has 1 saturated heterocycles. The molecule has 0 radical (unpaired) electrons. The average Bonchev–Trinajstić information content (AvgIpc) is 2.31. The van der Waals surface area contributed by atoms with Gasteiger partial charge in [-0.3, -0.25) is 4.79 Å². The van der Waals surface area contributed by atoms with E-state index in [-0.39, 0.29) is 17.3 Å². The molecule has 1 fully saturated rings.